The first kappa shape index (κ1) is 22.0. The van der Waals surface area contributed by atoms with Gasteiger partial charge in [0, 0.05) is 12.3 Å². The van der Waals surface area contributed by atoms with Crippen molar-refractivity contribution in [3.8, 4) is 0 Å². The molecule has 0 spiro atoms. The van der Waals surface area contributed by atoms with Crippen LogP contribution in [0.3, 0.4) is 0 Å². The van der Waals surface area contributed by atoms with Gasteiger partial charge in [0.05, 0.1) is 0 Å². The zero-order valence-electron chi connectivity index (χ0n) is 15.2. The lowest BCUT2D eigenvalue weighted by atomic mass is 9.62. The maximum Gasteiger partial charge on any atom is 0.430 e. The van der Waals surface area contributed by atoms with E-state index in [0.717, 1.165) is 31.8 Å². The molecule has 0 amide bonds. The third-order valence-corrected chi connectivity index (χ3v) is 6.30. The Labute approximate surface area is 154 Å². The van der Waals surface area contributed by atoms with Crippen molar-refractivity contribution in [2.75, 3.05) is 0 Å². The first-order valence-corrected chi connectivity index (χ1v) is 8.98. The molecule has 2 rings (SSSR count). The van der Waals surface area contributed by atoms with Crippen molar-refractivity contribution in [3.63, 3.8) is 0 Å². The number of carbonyl (C=O) groups is 1. The van der Waals surface area contributed by atoms with Gasteiger partial charge in [0.2, 0.25) is 0 Å². The number of fused-ring (bicyclic) bond motifs is 1. The zero-order chi connectivity index (χ0) is 20.7. The van der Waals surface area contributed by atoms with Crippen molar-refractivity contribution in [2.24, 2.45) is 23.2 Å². The molecule has 0 aromatic carbocycles. The Morgan fingerprint density at radius 3 is 2.26 bits per heavy atom. The van der Waals surface area contributed by atoms with Gasteiger partial charge in [-0.15, -0.1) is 0 Å². The summed E-state index contributed by atoms with van der Waals surface area (Å²) in [6.07, 6.45) is -4.92. The van der Waals surface area contributed by atoms with Crippen LogP contribution in [0.15, 0.2) is 24.3 Å². The Morgan fingerprint density at radius 1 is 1.11 bits per heavy atom. The third kappa shape index (κ3) is 3.96. The van der Waals surface area contributed by atoms with Crippen LogP contribution in [0, 0.1) is 23.2 Å². The van der Waals surface area contributed by atoms with E-state index in [9.17, 15) is 31.1 Å². The van der Waals surface area contributed by atoms with Crippen LogP contribution in [-0.2, 0) is 4.79 Å². The molecule has 154 valence electrons. The summed E-state index contributed by atoms with van der Waals surface area (Å²) in [5.74, 6) is 0.270. The van der Waals surface area contributed by atoms with Gasteiger partial charge in [-0.3, -0.25) is 4.79 Å². The highest BCUT2D eigenvalue weighted by Crippen LogP contribution is 2.56. The molecule has 27 heavy (non-hydrogen) atoms. The van der Waals surface area contributed by atoms with Crippen molar-refractivity contribution >= 4 is 5.78 Å². The lowest BCUT2D eigenvalue weighted by Gasteiger charge is -2.41. The molecule has 2 aliphatic carbocycles. The van der Waals surface area contributed by atoms with Gasteiger partial charge in [-0.05, 0) is 49.0 Å². The average molecular weight is 398 g/mol. The summed E-state index contributed by atoms with van der Waals surface area (Å²) in [5, 5.41) is 9.08. The summed E-state index contributed by atoms with van der Waals surface area (Å²) in [4.78, 5) is 12.1. The Morgan fingerprint density at radius 2 is 1.70 bits per heavy atom. The van der Waals surface area contributed by atoms with Crippen molar-refractivity contribution in [1.29, 1.82) is 0 Å². The van der Waals surface area contributed by atoms with Crippen LogP contribution in [0.25, 0.3) is 0 Å². The number of halogens is 6. The number of carbonyl (C=O) groups excluding carboxylic acids is 1. The van der Waals surface area contributed by atoms with Crippen LogP contribution >= 0.6 is 0 Å². The number of Topliss-reactive ketones (excluding diaryl/α,β-unsaturated/α-hetero) is 1. The van der Waals surface area contributed by atoms with Crippen molar-refractivity contribution in [1.82, 2.24) is 0 Å². The number of alkyl halides is 6. The largest absolute Gasteiger partial charge is 0.430 e. The van der Waals surface area contributed by atoms with E-state index in [1.54, 1.807) is 6.08 Å². The molecular formula is C19H24F6O2. The highest BCUT2D eigenvalue weighted by molar-refractivity contribution is 5.83. The Balaban J connectivity index is 2.12. The van der Waals surface area contributed by atoms with E-state index in [4.69, 9.17) is 5.11 Å². The summed E-state index contributed by atoms with van der Waals surface area (Å²) in [6.45, 7) is 3.90. The molecule has 0 radical (unpaired) electrons. The lowest BCUT2D eigenvalue weighted by Crippen LogP contribution is -2.55. The van der Waals surface area contributed by atoms with Gasteiger partial charge in [0.1, 0.15) is 5.78 Å². The lowest BCUT2D eigenvalue weighted by molar-refractivity contribution is -0.347. The van der Waals surface area contributed by atoms with Crippen molar-refractivity contribution in [3.05, 3.63) is 24.3 Å². The highest BCUT2D eigenvalue weighted by Gasteiger charge is 2.68. The van der Waals surface area contributed by atoms with E-state index >= 15 is 0 Å². The topological polar surface area (TPSA) is 37.3 Å². The van der Waals surface area contributed by atoms with Crippen LogP contribution in [0.2, 0.25) is 0 Å². The van der Waals surface area contributed by atoms with Gasteiger partial charge in [0.15, 0.2) is 0 Å². The zero-order valence-corrected chi connectivity index (χ0v) is 15.2. The van der Waals surface area contributed by atoms with Crippen LogP contribution in [0.4, 0.5) is 26.3 Å². The molecule has 0 aromatic rings. The second kappa shape index (κ2) is 7.26. The molecule has 2 saturated carbocycles. The molecule has 0 aromatic heterocycles. The van der Waals surface area contributed by atoms with Crippen LogP contribution in [0.1, 0.15) is 46.0 Å². The maximum atomic E-state index is 12.6. The van der Waals surface area contributed by atoms with Gasteiger partial charge in [-0.1, -0.05) is 32.1 Å². The molecule has 2 fully saturated rings. The summed E-state index contributed by atoms with van der Waals surface area (Å²) >= 11 is 0. The first-order chi connectivity index (χ1) is 12.2. The number of hydrogen-bond donors (Lipinski definition) is 1. The van der Waals surface area contributed by atoms with E-state index < -0.39 is 18.0 Å². The van der Waals surface area contributed by atoms with Gasteiger partial charge in [-0.25, -0.2) is 0 Å². The predicted octanol–water partition coefficient (Wildman–Crippen LogP) is 5.38. The van der Waals surface area contributed by atoms with E-state index in [-0.39, 0.29) is 35.0 Å². The molecular weight excluding hydrogens is 374 g/mol. The smallest absolute Gasteiger partial charge is 0.370 e. The fraction of sp³-hybridized carbons (Fsp3) is 0.737. The summed E-state index contributed by atoms with van der Waals surface area (Å²) < 4.78 is 75.8. The number of allylic oxidation sites excluding steroid dienone is 3. The molecule has 8 heteroatoms. The Bertz CT molecular complexity index is 605. The van der Waals surface area contributed by atoms with E-state index in [0.29, 0.717) is 12.5 Å². The van der Waals surface area contributed by atoms with Gasteiger partial charge < -0.3 is 5.11 Å². The molecule has 2 aliphatic rings. The van der Waals surface area contributed by atoms with E-state index in [1.807, 2.05) is 6.92 Å². The number of hydrogen-bond acceptors (Lipinski definition) is 2. The Kier molecular flexibility index (Phi) is 5.91. The number of aliphatic hydroxyl groups is 1. The highest BCUT2D eigenvalue weighted by atomic mass is 19.4. The monoisotopic (exact) mass is 398 g/mol. The molecule has 0 aliphatic heterocycles. The fourth-order valence-corrected chi connectivity index (χ4v) is 4.75. The van der Waals surface area contributed by atoms with Crippen LogP contribution < -0.4 is 0 Å². The molecule has 4 unspecified atom stereocenters. The summed E-state index contributed by atoms with van der Waals surface area (Å²) in [6, 6.07) is 0. The van der Waals surface area contributed by atoms with Crippen molar-refractivity contribution < 1.29 is 36.2 Å². The molecule has 4 atom stereocenters. The van der Waals surface area contributed by atoms with Gasteiger partial charge in [-0.2, -0.15) is 26.3 Å². The first-order valence-electron chi connectivity index (χ1n) is 8.98. The van der Waals surface area contributed by atoms with Crippen molar-refractivity contribution in [2.45, 2.75) is 63.9 Å². The normalized spacial score (nSPS) is 31.7. The van der Waals surface area contributed by atoms with E-state index in [2.05, 4.69) is 6.92 Å². The molecule has 0 heterocycles. The minimum Gasteiger partial charge on any atom is -0.370 e. The van der Waals surface area contributed by atoms with Crippen LogP contribution in [0.5, 0.6) is 0 Å². The Hall–Kier alpha value is -1.31. The average Bonchev–Trinajstić information content (AvgIpc) is 2.87. The van der Waals surface area contributed by atoms with E-state index in [1.165, 1.54) is 0 Å². The third-order valence-electron chi connectivity index (χ3n) is 6.30. The second-order valence-electron chi connectivity index (χ2n) is 7.93. The van der Waals surface area contributed by atoms with Gasteiger partial charge in [0.25, 0.3) is 5.60 Å². The number of ketones is 1. The van der Waals surface area contributed by atoms with Crippen LogP contribution in [-0.4, -0.2) is 28.8 Å². The maximum absolute atomic E-state index is 12.6. The molecule has 1 N–H and O–H groups in total. The SMILES string of the molecule is CC(C=CC=CC(O)(C(F)(F)F)C(F)(F)F)C1CCC2C(=O)CCCC21C. The predicted molar refractivity (Wildman–Crippen MR) is 87.7 cm³/mol. The minimum absolute atomic E-state index is 0.0109. The number of rotatable bonds is 4. The molecule has 0 bridgehead atoms. The summed E-state index contributed by atoms with van der Waals surface area (Å²) in [5.41, 5.74) is -5.06. The fourth-order valence-electron chi connectivity index (χ4n) is 4.75. The molecule has 2 nitrogen and oxygen atoms in total. The quantitative estimate of drug-likeness (QED) is 0.510. The summed E-state index contributed by atoms with van der Waals surface area (Å²) in [7, 11) is 0. The standard InChI is InChI=1S/C19H24F6O2/c1-12(13-8-9-14-15(26)7-5-10-16(13,14)2)6-3-4-11-17(27,18(20,21)22)19(23,24)25/h3-4,6,11-14,27H,5,7-10H2,1-2H3. The molecule has 0 saturated heterocycles. The minimum atomic E-state index is -5.87. The van der Waals surface area contributed by atoms with Gasteiger partial charge >= 0.3 is 12.4 Å². The second-order valence-corrected chi connectivity index (χ2v) is 7.93.